The number of anilines is 2. The van der Waals surface area contributed by atoms with E-state index in [1.54, 1.807) is 23.8 Å². The molecule has 5 rings (SSSR count). The Balaban J connectivity index is 1.63. The highest BCUT2D eigenvalue weighted by molar-refractivity contribution is 6.04. The molecule has 0 radical (unpaired) electrons. The average Bonchev–Trinajstić information content (AvgIpc) is 3.20. The molecule has 0 saturated heterocycles. The first-order chi connectivity index (χ1) is 17.0. The summed E-state index contributed by atoms with van der Waals surface area (Å²) in [5, 5.41) is 10.8. The fourth-order valence-corrected chi connectivity index (χ4v) is 4.30. The van der Waals surface area contributed by atoms with E-state index in [2.05, 4.69) is 15.7 Å². The molecule has 0 bridgehead atoms. The Bertz CT molecular complexity index is 1550. The Labute approximate surface area is 201 Å². The number of benzene rings is 2. The number of hydrogen-bond acceptors (Lipinski definition) is 6. The van der Waals surface area contributed by atoms with Crippen LogP contribution in [0.15, 0.2) is 65.5 Å². The molecule has 4 N–H and O–H groups in total. The van der Waals surface area contributed by atoms with E-state index < -0.39 is 11.9 Å². The summed E-state index contributed by atoms with van der Waals surface area (Å²) in [7, 11) is 0. The lowest BCUT2D eigenvalue weighted by Gasteiger charge is -2.20. The smallest absolute Gasteiger partial charge is 0.266 e. The topological polar surface area (TPSA) is 120 Å². The van der Waals surface area contributed by atoms with Crippen LogP contribution in [0.2, 0.25) is 0 Å². The number of nitrogen functional groups attached to an aromatic ring is 1. The van der Waals surface area contributed by atoms with Crippen LogP contribution in [0.1, 0.15) is 41.6 Å². The highest BCUT2D eigenvalue weighted by Crippen LogP contribution is 2.26. The molecular formula is C26H25N7O2. The normalized spacial score (nSPS) is 13.5. The second-order valence-corrected chi connectivity index (χ2v) is 8.20. The minimum absolute atomic E-state index is 0.117. The molecule has 35 heavy (non-hydrogen) atoms. The van der Waals surface area contributed by atoms with Gasteiger partial charge in [-0.1, -0.05) is 42.5 Å². The Hall–Kier alpha value is -4.66. The Kier molecular flexibility index (Phi) is 5.66. The predicted molar refractivity (Wildman–Crippen MR) is 138 cm³/mol. The van der Waals surface area contributed by atoms with Gasteiger partial charge in [-0.3, -0.25) is 14.2 Å². The van der Waals surface area contributed by atoms with Crippen LogP contribution in [0.25, 0.3) is 28.9 Å². The van der Waals surface area contributed by atoms with Gasteiger partial charge < -0.3 is 16.4 Å². The SMILES string of the molecule is C/C=C/c1cccc2nc(C(C)NC(=O)c3c(N)nn4c3NCC=C4)n(-c3ccccc3)c(=O)c12. The summed E-state index contributed by atoms with van der Waals surface area (Å²) in [4.78, 5) is 32.0. The first-order valence-corrected chi connectivity index (χ1v) is 11.3. The van der Waals surface area contributed by atoms with E-state index in [1.807, 2.05) is 67.6 Å². The number of carbonyl (C=O) groups excluding carboxylic acids is 1. The van der Waals surface area contributed by atoms with Gasteiger partial charge in [0.05, 0.1) is 22.6 Å². The van der Waals surface area contributed by atoms with E-state index >= 15 is 0 Å². The van der Waals surface area contributed by atoms with E-state index in [0.29, 0.717) is 34.8 Å². The molecule has 9 heteroatoms. The highest BCUT2D eigenvalue weighted by Gasteiger charge is 2.26. The number of rotatable bonds is 5. The first-order valence-electron chi connectivity index (χ1n) is 11.3. The van der Waals surface area contributed by atoms with Crippen LogP contribution in [0, 0.1) is 0 Å². The van der Waals surface area contributed by atoms with Crippen LogP contribution < -0.4 is 21.9 Å². The van der Waals surface area contributed by atoms with Crippen molar-refractivity contribution in [3.8, 4) is 5.69 Å². The molecule has 4 aromatic rings. The molecule has 1 unspecified atom stereocenters. The third-order valence-corrected chi connectivity index (χ3v) is 5.85. The molecule has 1 aliphatic rings. The maximum Gasteiger partial charge on any atom is 0.266 e. The van der Waals surface area contributed by atoms with Gasteiger partial charge in [-0.15, -0.1) is 5.10 Å². The van der Waals surface area contributed by atoms with E-state index in [4.69, 9.17) is 10.7 Å². The van der Waals surface area contributed by atoms with Crippen LogP contribution in [0.5, 0.6) is 0 Å². The van der Waals surface area contributed by atoms with Gasteiger partial charge in [0.15, 0.2) is 5.82 Å². The van der Waals surface area contributed by atoms with Crippen molar-refractivity contribution in [2.24, 2.45) is 0 Å². The van der Waals surface area contributed by atoms with Crippen molar-refractivity contribution in [1.29, 1.82) is 0 Å². The quantitative estimate of drug-likeness (QED) is 0.413. The van der Waals surface area contributed by atoms with E-state index in [9.17, 15) is 9.59 Å². The number of fused-ring (bicyclic) bond motifs is 2. The van der Waals surface area contributed by atoms with Crippen molar-refractivity contribution in [3.63, 3.8) is 0 Å². The molecule has 0 fully saturated rings. The van der Waals surface area contributed by atoms with E-state index in [0.717, 1.165) is 5.56 Å². The maximum atomic E-state index is 13.8. The lowest BCUT2D eigenvalue weighted by atomic mass is 10.1. The molecule has 0 saturated carbocycles. The summed E-state index contributed by atoms with van der Waals surface area (Å²) in [6.07, 6.45) is 7.41. The fourth-order valence-electron chi connectivity index (χ4n) is 4.30. The number of allylic oxidation sites excluding steroid dienone is 1. The predicted octanol–water partition coefficient (Wildman–Crippen LogP) is 3.58. The summed E-state index contributed by atoms with van der Waals surface area (Å²) >= 11 is 0. The summed E-state index contributed by atoms with van der Waals surface area (Å²) < 4.78 is 3.09. The van der Waals surface area contributed by atoms with Crippen molar-refractivity contribution < 1.29 is 4.79 Å². The second-order valence-electron chi connectivity index (χ2n) is 8.20. The average molecular weight is 468 g/mol. The Morgan fingerprint density at radius 3 is 2.77 bits per heavy atom. The summed E-state index contributed by atoms with van der Waals surface area (Å²) in [6, 6.07) is 14.2. The standard InChI is InChI=1S/C26H25N7O2/c1-3-9-17-10-7-13-19-20(17)26(35)33(18-11-5-4-6-12-18)23(30-19)16(2)29-25(34)21-22(27)31-32-15-8-14-28-24(21)32/h3-13,15-16,28H,14H2,1-2H3,(H2,27,31)(H,29,34)/b9-3+. The molecule has 0 aliphatic carbocycles. The number of nitrogens with zero attached hydrogens (tertiary/aromatic N) is 4. The lowest BCUT2D eigenvalue weighted by Crippen LogP contribution is -2.34. The van der Waals surface area contributed by atoms with Crippen molar-refractivity contribution in [2.75, 3.05) is 17.6 Å². The van der Waals surface area contributed by atoms with Crippen molar-refractivity contribution in [2.45, 2.75) is 19.9 Å². The van der Waals surface area contributed by atoms with Crippen LogP contribution in [0.3, 0.4) is 0 Å². The van der Waals surface area contributed by atoms with E-state index in [1.165, 1.54) is 4.68 Å². The van der Waals surface area contributed by atoms with Gasteiger partial charge >= 0.3 is 0 Å². The van der Waals surface area contributed by atoms with Crippen molar-refractivity contribution in [1.82, 2.24) is 24.6 Å². The molecule has 176 valence electrons. The van der Waals surface area contributed by atoms with Gasteiger partial charge in [-0.05, 0) is 43.7 Å². The fraction of sp³-hybridized carbons (Fsp3) is 0.154. The van der Waals surface area contributed by atoms with E-state index in [-0.39, 0.29) is 16.9 Å². The number of para-hydroxylation sites is 1. The zero-order chi connectivity index (χ0) is 24.5. The molecule has 2 aromatic carbocycles. The summed E-state index contributed by atoms with van der Waals surface area (Å²) in [5.41, 5.74) is 8.11. The largest absolute Gasteiger partial charge is 0.381 e. The number of nitrogens with two attached hydrogens (primary N) is 1. The summed E-state index contributed by atoms with van der Waals surface area (Å²) in [5.74, 6) is 0.645. The molecule has 2 aromatic heterocycles. The van der Waals surface area contributed by atoms with Crippen LogP contribution in [-0.2, 0) is 0 Å². The number of aromatic nitrogens is 4. The van der Waals surface area contributed by atoms with Crippen LogP contribution in [0.4, 0.5) is 11.6 Å². The number of amides is 1. The molecule has 0 spiro atoms. The van der Waals surface area contributed by atoms with Crippen molar-refractivity contribution in [3.05, 3.63) is 88.0 Å². The van der Waals surface area contributed by atoms with Gasteiger partial charge in [0, 0.05) is 12.7 Å². The van der Waals surface area contributed by atoms with Gasteiger partial charge in [0.25, 0.3) is 11.5 Å². The molecule has 1 aliphatic heterocycles. The van der Waals surface area contributed by atoms with Crippen molar-refractivity contribution >= 4 is 40.7 Å². The first kappa shape index (κ1) is 22.1. The van der Waals surface area contributed by atoms with Gasteiger partial charge in [-0.2, -0.15) is 0 Å². The second kappa shape index (κ2) is 8.94. The monoisotopic (exact) mass is 467 g/mol. The zero-order valence-electron chi connectivity index (χ0n) is 19.4. The van der Waals surface area contributed by atoms with Gasteiger partial charge in [0.2, 0.25) is 0 Å². The highest BCUT2D eigenvalue weighted by atomic mass is 16.2. The summed E-state index contributed by atoms with van der Waals surface area (Å²) in [6.45, 7) is 4.26. The number of carbonyl (C=O) groups is 1. The van der Waals surface area contributed by atoms with Gasteiger partial charge in [-0.25, -0.2) is 9.67 Å². The minimum atomic E-state index is -0.612. The van der Waals surface area contributed by atoms with Crippen LogP contribution in [-0.4, -0.2) is 31.8 Å². The number of hydrogen-bond donors (Lipinski definition) is 3. The maximum absolute atomic E-state index is 13.8. The third kappa shape index (κ3) is 3.86. The Morgan fingerprint density at radius 1 is 1.20 bits per heavy atom. The zero-order valence-corrected chi connectivity index (χ0v) is 19.4. The Morgan fingerprint density at radius 2 is 2.00 bits per heavy atom. The van der Waals surface area contributed by atoms with Crippen LogP contribution >= 0.6 is 0 Å². The third-order valence-electron chi connectivity index (χ3n) is 5.85. The molecule has 1 atom stereocenters. The molecule has 1 amide bonds. The molecular weight excluding hydrogens is 442 g/mol. The van der Waals surface area contributed by atoms with Gasteiger partial charge in [0.1, 0.15) is 17.2 Å². The minimum Gasteiger partial charge on any atom is -0.381 e. The lowest BCUT2D eigenvalue weighted by molar-refractivity contribution is 0.0939. The number of nitrogens with one attached hydrogen (secondary N) is 2. The molecule has 9 nitrogen and oxygen atoms in total. The molecule has 3 heterocycles.